The van der Waals surface area contributed by atoms with Crippen LogP contribution in [0.25, 0.3) is 0 Å². The van der Waals surface area contributed by atoms with Gasteiger partial charge in [-0.15, -0.1) is 11.3 Å². The van der Waals surface area contributed by atoms with E-state index in [1.807, 2.05) is 5.38 Å². The van der Waals surface area contributed by atoms with E-state index in [0.717, 1.165) is 24.5 Å². The third kappa shape index (κ3) is 2.10. The fraction of sp³-hybridized carbons (Fsp3) is 0.556. The van der Waals surface area contributed by atoms with Crippen LogP contribution in [-0.4, -0.2) is 34.0 Å². The first-order chi connectivity index (χ1) is 6.75. The summed E-state index contributed by atoms with van der Waals surface area (Å²) < 4.78 is 0. The number of aliphatic carboxylic acids is 1. The average Bonchev–Trinajstić information content (AvgIpc) is 2.75. The van der Waals surface area contributed by atoms with Gasteiger partial charge in [-0.3, -0.25) is 9.69 Å². The van der Waals surface area contributed by atoms with Gasteiger partial charge in [0.15, 0.2) is 0 Å². The molecule has 2 rings (SSSR count). The van der Waals surface area contributed by atoms with Gasteiger partial charge in [-0.2, -0.15) is 0 Å². The van der Waals surface area contributed by atoms with Crippen molar-refractivity contribution in [2.24, 2.45) is 5.92 Å². The molecule has 0 amide bonds. The van der Waals surface area contributed by atoms with Gasteiger partial charge in [-0.25, -0.2) is 4.98 Å². The Morgan fingerprint density at radius 2 is 2.64 bits per heavy atom. The van der Waals surface area contributed by atoms with Crippen LogP contribution < -0.4 is 0 Å². The monoisotopic (exact) mass is 212 g/mol. The van der Waals surface area contributed by atoms with Crippen LogP contribution in [0.4, 0.5) is 0 Å². The number of hydrogen-bond acceptors (Lipinski definition) is 4. The molecule has 0 spiro atoms. The molecule has 1 atom stereocenters. The highest BCUT2D eigenvalue weighted by atomic mass is 32.1. The third-order valence-electron chi connectivity index (χ3n) is 2.46. The molecule has 0 radical (unpaired) electrons. The number of likely N-dealkylation sites (tertiary alicyclic amines) is 1. The van der Waals surface area contributed by atoms with Crippen molar-refractivity contribution in [3.05, 3.63) is 16.6 Å². The first-order valence-electron chi connectivity index (χ1n) is 4.59. The molecule has 0 aromatic carbocycles. The standard InChI is InChI=1S/C9H12N2O2S/c12-9(13)7-1-3-11(5-7)6-8-10-2-4-14-8/h2,4,7H,1,3,5-6H2,(H,12,13). The van der Waals surface area contributed by atoms with Gasteiger partial charge in [0.2, 0.25) is 0 Å². The van der Waals surface area contributed by atoms with Gasteiger partial charge < -0.3 is 5.11 Å². The van der Waals surface area contributed by atoms with Crippen LogP contribution in [0.3, 0.4) is 0 Å². The number of carboxylic acid groups (broad SMARTS) is 1. The third-order valence-corrected chi connectivity index (χ3v) is 3.23. The lowest BCUT2D eigenvalue weighted by molar-refractivity contribution is -0.141. The number of aromatic nitrogens is 1. The lowest BCUT2D eigenvalue weighted by atomic mass is 10.1. The Hall–Kier alpha value is -0.940. The maximum absolute atomic E-state index is 10.7. The second kappa shape index (κ2) is 4.06. The van der Waals surface area contributed by atoms with Crippen molar-refractivity contribution < 1.29 is 9.90 Å². The Kier molecular flexibility index (Phi) is 2.79. The van der Waals surface area contributed by atoms with Crippen molar-refractivity contribution in [2.45, 2.75) is 13.0 Å². The minimum Gasteiger partial charge on any atom is -0.481 e. The number of hydrogen-bond donors (Lipinski definition) is 1. The highest BCUT2D eigenvalue weighted by Gasteiger charge is 2.27. The molecule has 1 aromatic rings. The van der Waals surface area contributed by atoms with E-state index in [1.165, 1.54) is 0 Å². The highest BCUT2D eigenvalue weighted by molar-refractivity contribution is 7.09. The van der Waals surface area contributed by atoms with Crippen LogP contribution in [0.15, 0.2) is 11.6 Å². The summed E-state index contributed by atoms with van der Waals surface area (Å²) in [5, 5.41) is 11.8. The van der Waals surface area contributed by atoms with Crippen LogP contribution in [-0.2, 0) is 11.3 Å². The van der Waals surface area contributed by atoms with Crippen molar-refractivity contribution in [3.8, 4) is 0 Å². The van der Waals surface area contributed by atoms with Crippen LogP contribution >= 0.6 is 11.3 Å². The molecule has 1 fully saturated rings. The molecule has 1 saturated heterocycles. The van der Waals surface area contributed by atoms with E-state index in [4.69, 9.17) is 5.11 Å². The molecule has 0 saturated carbocycles. The Labute approximate surface area is 86.2 Å². The molecule has 1 aromatic heterocycles. The predicted molar refractivity (Wildman–Crippen MR) is 53.1 cm³/mol. The Morgan fingerprint density at radius 3 is 3.21 bits per heavy atom. The van der Waals surface area contributed by atoms with Crippen molar-refractivity contribution in [1.82, 2.24) is 9.88 Å². The molecule has 1 N–H and O–H groups in total. The van der Waals surface area contributed by atoms with E-state index < -0.39 is 5.97 Å². The summed E-state index contributed by atoms with van der Waals surface area (Å²) in [4.78, 5) is 17.0. The summed E-state index contributed by atoms with van der Waals surface area (Å²) in [6, 6.07) is 0. The quantitative estimate of drug-likeness (QED) is 0.813. The molecule has 0 bridgehead atoms. The normalized spacial score (nSPS) is 22.7. The zero-order chi connectivity index (χ0) is 9.97. The second-order valence-corrected chi connectivity index (χ2v) is 4.46. The molecule has 0 aliphatic carbocycles. The lowest BCUT2D eigenvalue weighted by Crippen LogP contribution is -2.22. The van der Waals surface area contributed by atoms with Crippen LogP contribution in [0.2, 0.25) is 0 Å². The van der Waals surface area contributed by atoms with Crippen LogP contribution in [0.1, 0.15) is 11.4 Å². The first-order valence-corrected chi connectivity index (χ1v) is 5.47. The molecular formula is C9H12N2O2S. The Bertz CT molecular complexity index is 313. The Morgan fingerprint density at radius 1 is 1.79 bits per heavy atom. The van der Waals surface area contributed by atoms with Gasteiger partial charge in [-0.1, -0.05) is 0 Å². The SMILES string of the molecule is O=C(O)C1CCN(Cc2nccs2)C1. The van der Waals surface area contributed by atoms with Crippen LogP contribution in [0, 0.1) is 5.92 Å². The van der Waals surface area contributed by atoms with Crippen molar-refractivity contribution in [3.63, 3.8) is 0 Å². The maximum atomic E-state index is 10.7. The fourth-order valence-electron chi connectivity index (χ4n) is 1.70. The van der Waals surface area contributed by atoms with Gasteiger partial charge in [0.1, 0.15) is 5.01 Å². The Balaban J connectivity index is 1.87. The zero-order valence-corrected chi connectivity index (χ0v) is 8.54. The molecule has 1 aliphatic heterocycles. The molecule has 14 heavy (non-hydrogen) atoms. The summed E-state index contributed by atoms with van der Waals surface area (Å²) in [7, 11) is 0. The molecule has 5 heteroatoms. The molecule has 4 nitrogen and oxygen atoms in total. The highest BCUT2D eigenvalue weighted by Crippen LogP contribution is 2.19. The maximum Gasteiger partial charge on any atom is 0.307 e. The van der Waals surface area contributed by atoms with Gasteiger partial charge in [0.25, 0.3) is 0 Å². The molecule has 76 valence electrons. The van der Waals surface area contributed by atoms with E-state index in [9.17, 15) is 4.79 Å². The fourth-order valence-corrected chi connectivity index (χ4v) is 2.36. The van der Waals surface area contributed by atoms with Gasteiger partial charge >= 0.3 is 5.97 Å². The van der Waals surface area contributed by atoms with E-state index in [1.54, 1.807) is 17.5 Å². The van der Waals surface area contributed by atoms with Gasteiger partial charge in [0, 0.05) is 18.1 Å². The molecule has 2 heterocycles. The summed E-state index contributed by atoms with van der Waals surface area (Å²) in [6.07, 6.45) is 2.55. The average molecular weight is 212 g/mol. The minimum absolute atomic E-state index is 0.185. The summed E-state index contributed by atoms with van der Waals surface area (Å²) >= 11 is 1.62. The predicted octanol–water partition coefficient (Wildman–Crippen LogP) is 1.05. The lowest BCUT2D eigenvalue weighted by Gasteiger charge is -2.12. The summed E-state index contributed by atoms with van der Waals surface area (Å²) in [5.41, 5.74) is 0. The molecule has 1 aliphatic rings. The van der Waals surface area contributed by atoms with E-state index in [2.05, 4.69) is 9.88 Å². The number of carboxylic acids is 1. The van der Waals surface area contributed by atoms with E-state index in [-0.39, 0.29) is 5.92 Å². The summed E-state index contributed by atoms with van der Waals surface area (Å²) in [6.45, 7) is 2.33. The van der Waals surface area contributed by atoms with Crippen molar-refractivity contribution >= 4 is 17.3 Å². The number of carbonyl (C=O) groups is 1. The van der Waals surface area contributed by atoms with Gasteiger partial charge in [0.05, 0.1) is 12.5 Å². The van der Waals surface area contributed by atoms with Crippen molar-refractivity contribution in [2.75, 3.05) is 13.1 Å². The second-order valence-electron chi connectivity index (χ2n) is 3.48. The van der Waals surface area contributed by atoms with Gasteiger partial charge in [-0.05, 0) is 13.0 Å². The zero-order valence-electron chi connectivity index (χ0n) is 7.72. The molecule has 1 unspecified atom stereocenters. The molecular weight excluding hydrogens is 200 g/mol. The van der Waals surface area contributed by atoms with E-state index >= 15 is 0 Å². The van der Waals surface area contributed by atoms with Crippen molar-refractivity contribution in [1.29, 1.82) is 0 Å². The van der Waals surface area contributed by atoms with E-state index in [0.29, 0.717) is 6.54 Å². The number of nitrogens with zero attached hydrogens (tertiary/aromatic N) is 2. The smallest absolute Gasteiger partial charge is 0.307 e. The first kappa shape index (κ1) is 9.61. The largest absolute Gasteiger partial charge is 0.481 e. The van der Waals surface area contributed by atoms with Crippen LogP contribution in [0.5, 0.6) is 0 Å². The number of thiazole rings is 1. The number of rotatable bonds is 3. The summed E-state index contributed by atoms with van der Waals surface area (Å²) in [5.74, 6) is -0.860. The topological polar surface area (TPSA) is 53.4 Å². The minimum atomic E-state index is -0.674.